The number of benzene rings is 1. The minimum atomic E-state index is 0.0738. The van der Waals surface area contributed by atoms with Crippen LogP contribution in [0.1, 0.15) is 35.8 Å². The summed E-state index contributed by atoms with van der Waals surface area (Å²) in [6.07, 6.45) is 5.12. The zero-order valence-corrected chi connectivity index (χ0v) is 14.0. The van der Waals surface area contributed by atoms with Crippen LogP contribution < -0.4 is 4.74 Å². The lowest BCUT2D eigenvalue weighted by Gasteiger charge is -2.18. The molecule has 0 radical (unpaired) electrons. The Labute approximate surface area is 141 Å². The number of rotatable bonds is 7. The smallest absolute Gasteiger partial charge is 0.270 e. The van der Waals surface area contributed by atoms with Crippen LogP contribution in [-0.2, 0) is 0 Å². The zero-order chi connectivity index (χ0) is 16.2. The first kappa shape index (κ1) is 15.9. The Hall–Kier alpha value is -1.94. The molecule has 3 rings (SSSR count). The number of aromatic nitrogens is 1. The van der Waals surface area contributed by atoms with Gasteiger partial charge in [-0.05, 0) is 49.6 Å². The van der Waals surface area contributed by atoms with Crippen LogP contribution in [0, 0.1) is 0 Å². The first-order valence-corrected chi connectivity index (χ1v) is 8.33. The lowest BCUT2D eigenvalue weighted by molar-refractivity contribution is 0.0777. The summed E-state index contributed by atoms with van der Waals surface area (Å²) in [6.45, 7) is 1.22. The maximum absolute atomic E-state index is 12.5. The van der Waals surface area contributed by atoms with Crippen molar-refractivity contribution in [3.63, 3.8) is 0 Å². The molecule has 5 heteroatoms. The van der Waals surface area contributed by atoms with Crippen LogP contribution in [0.5, 0.6) is 5.75 Å². The SMILES string of the molecule is CN(CCCOc1cccc(Cl)c1)C(=O)c1cccn1C1CC1. The summed E-state index contributed by atoms with van der Waals surface area (Å²) in [4.78, 5) is 14.3. The molecule has 0 N–H and O–H groups in total. The van der Waals surface area contributed by atoms with Crippen molar-refractivity contribution in [2.24, 2.45) is 0 Å². The van der Waals surface area contributed by atoms with Crippen LogP contribution in [0.3, 0.4) is 0 Å². The molecule has 2 aromatic rings. The number of amides is 1. The van der Waals surface area contributed by atoms with E-state index in [0.717, 1.165) is 17.9 Å². The second-order valence-corrected chi connectivity index (χ2v) is 6.35. The van der Waals surface area contributed by atoms with Crippen molar-refractivity contribution in [1.29, 1.82) is 0 Å². The molecule has 0 spiro atoms. The summed E-state index contributed by atoms with van der Waals surface area (Å²) in [7, 11) is 1.84. The average molecular weight is 333 g/mol. The highest BCUT2D eigenvalue weighted by molar-refractivity contribution is 6.30. The molecular weight excluding hydrogens is 312 g/mol. The number of hydrogen-bond donors (Lipinski definition) is 0. The predicted molar refractivity (Wildman–Crippen MR) is 91.2 cm³/mol. The van der Waals surface area contributed by atoms with Gasteiger partial charge in [-0.25, -0.2) is 0 Å². The van der Waals surface area contributed by atoms with Gasteiger partial charge in [-0.15, -0.1) is 0 Å². The van der Waals surface area contributed by atoms with Crippen molar-refractivity contribution in [3.8, 4) is 5.75 Å². The van der Waals surface area contributed by atoms with Crippen molar-refractivity contribution in [2.75, 3.05) is 20.2 Å². The van der Waals surface area contributed by atoms with Crippen LogP contribution in [0.4, 0.5) is 0 Å². The Bertz CT molecular complexity index is 679. The standard InChI is InChI=1S/C18H21ClN2O2/c1-20(10-4-12-23-16-6-2-5-14(19)13-16)18(22)17-7-3-11-21(17)15-8-9-15/h2-3,5-7,11,13,15H,4,8-10,12H2,1H3. The van der Waals surface area contributed by atoms with Gasteiger partial charge in [0.2, 0.25) is 0 Å². The molecule has 4 nitrogen and oxygen atoms in total. The largest absolute Gasteiger partial charge is 0.493 e. The Morgan fingerprint density at radius 3 is 2.91 bits per heavy atom. The van der Waals surface area contributed by atoms with Gasteiger partial charge in [0.05, 0.1) is 6.61 Å². The summed E-state index contributed by atoms with van der Waals surface area (Å²) in [5.41, 5.74) is 0.783. The quantitative estimate of drug-likeness (QED) is 0.718. The van der Waals surface area contributed by atoms with Crippen molar-refractivity contribution in [1.82, 2.24) is 9.47 Å². The Morgan fingerprint density at radius 1 is 1.35 bits per heavy atom. The molecule has 0 atom stereocenters. The highest BCUT2D eigenvalue weighted by Gasteiger charge is 2.27. The summed E-state index contributed by atoms with van der Waals surface area (Å²) in [6, 6.07) is 11.7. The molecule has 0 bridgehead atoms. The van der Waals surface area contributed by atoms with Crippen LogP contribution in [0.25, 0.3) is 0 Å². The van der Waals surface area contributed by atoms with Gasteiger partial charge < -0.3 is 14.2 Å². The Morgan fingerprint density at radius 2 is 2.17 bits per heavy atom. The molecule has 0 saturated heterocycles. The molecular formula is C18H21ClN2O2. The molecule has 1 aromatic carbocycles. The number of hydrogen-bond acceptors (Lipinski definition) is 2. The molecule has 1 aromatic heterocycles. The van der Waals surface area contributed by atoms with E-state index in [1.54, 1.807) is 11.0 Å². The lowest BCUT2D eigenvalue weighted by Crippen LogP contribution is -2.30. The molecule has 1 fully saturated rings. The zero-order valence-electron chi connectivity index (χ0n) is 13.2. The van der Waals surface area contributed by atoms with E-state index in [-0.39, 0.29) is 5.91 Å². The highest BCUT2D eigenvalue weighted by atomic mass is 35.5. The first-order valence-electron chi connectivity index (χ1n) is 7.96. The molecule has 0 aliphatic heterocycles. The fraction of sp³-hybridized carbons (Fsp3) is 0.389. The van der Waals surface area contributed by atoms with E-state index in [4.69, 9.17) is 16.3 Å². The third kappa shape index (κ3) is 4.08. The van der Waals surface area contributed by atoms with Crippen LogP contribution >= 0.6 is 11.6 Å². The number of carbonyl (C=O) groups is 1. The van der Waals surface area contributed by atoms with Gasteiger partial charge >= 0.3 is 0 Å². The fourth-order valence-corrected chi connectivity index (χ4v) is 2.77. The highest BCUT2D eigenvalue weighted by Crippen LogP contribution is 2.36. The fourth-order valence-electron chi connectivity index (χ4n) is 2.59. The van der Waals surface area contributed by atoms with Crippen molar-refractivity contribution in [3.05, 3.63) is 53.3 Å². The first-order chi connectivity index (χ1) is 11.1. The lowest BCUT2D eigenvalue weighted by atomic mass is 10.3. The van der Waals surface area contributed by atoms with E-state index in [2.05, 4.69) is 4.57 Å². The monoisotopic (exact) mass is 332 g/mol. The van der Waals surface area contributed by atoms with Crippen LogP contribution in [0.2, 0.25) is 5.02 Å². The second kappa shape index (κ2) is 7.09. The van der Waals surface area contributed by atoms with Gasteiger partial charge in [0.1, 0.15) is 11.4 Å². The molecule has 23 heavy (non-hydrogen) atoms. The molecule has 0 unspecified atom stereocenters. The van der Waals surface area contributed by atoms with Crippen molar-refractivity contribution < 1.29 is 9.53 Å². The molecule has 1 heterocycles. The summed E-state index contributed by atoms with van der Waals surface area (Å²) >= 11 is 5.92. The summed E-state index contributed by atoms with van der Waals surface area (Å²) in [5.74, 6) is 0.832. The minimum Gasteiger partial charge on any atom is -0.493 e. The van der Waals surface area contributed by atoms with Gasteiger partial charge in [-0.3, -0.25) is 4.79 Å². The molecule has 1 saturated carbocycles. The van der Waals surface area contributed by atoms with Gasteiger partial charge in [0.25, 0.3) is 5.91 Å². The third-order valence-corrected chi connectivity index (χ3v) is 4.22. The van der Waals surface area contributed by atoms with Gasteiger partial charge in [0, 0.05) is 30.9 Å². The van der Waals surface area contributed by atoms with Gasteiger partial charge in [0.15, 0.2) is 0 Å². The molecule has 1 aliphatic rings. The number of nitrogens with zero attached hydrogens (tertiary/aromatic N) is 2. The van der Waals surface area contributed by atoms with Gasteiger partial charge in [-0.2, -0.15) is 0 Å². The van der Waals surface area contributed by atoms with Crippen LogP contribution in [0.15, 0.2) is 42.6 Å². The number of ether oxygens (including phenoxy) is 1. The normalized spacial score (nSPS) is 13.8. The van der Waals surface area contributed by atoms with Crippen molar-refractivity contribution >= 4 is 17.5 Å². The third-order valence-electron chi connectivity index (χ3n) is 3.99. The summed E-state index contributed by atoms with van der Waals surface area (Å²) in [5, 5.41) is 0.663. The maximum atomic E-state index is 12.5. The number of halogens is 1. The van der Waals surface area contributed by atoms with E-state index >= 15 is 0 Å². The maximum Gasteiger partial charge on any atom is 0.270 e. The molecule has 1 amide bonds. The minimum absolute atomic E-state index is 0.0738. The molecule has 1 aliphatic carbocycles. The Kier molecular flexibility index (Phi) is 4.91. The van der Waals surface area contributed by atoms with E-state index < -0.39 is 0 Å². The van der Waals surface area contributed by atoms with Gasteiger partial charge in [-0.1, -0.05) is 17.7 Å². The van der Waals surface area contributed by atoms with E-state index in [0.29, 0.717) is 24.2 Å². The molecule has 122 valence electrons. The topological polar surface area (TPSA) is 34.5 Å². The second-order valence-electron chi connectivity index (χ2n) is 5.92. The van der Waals surface area contributed by atoms with Crippen LogP contribution in [-0.4, -0.2) is 35.6 Å². The van der Waals surface area contributed by atoms with E-state index in [1.165, 1.54) is 12.8 Å². The average Bonchev–Trinajstić information content (AvgIpc) is 3.27. The van der Waals surface area contributed by atoms with E-state index in [1.807, 2.05) is 43.6 Å². The number of carbonyl (C=O) groups excluding carboxylic acids is 1. The van der Waals surface area contributed by atoms with E-state index in [9.17, 15) is 4.79 Å². The van der Waals surface area contributed by atoms with Crippen molar-refractivity contribution in [2.45, 2.75) is 25.3 Å². The Balaban J connectivity index is 1.46. The summed E-state index contributed by atoms with van der Waals surface area (Å²) < 4.78 is 7.75. The predicted octanol–water partition coefficient (Wildman–Crippen LogP) is 4.02.